The van der Waals surface area contributed by atoms with Crippen molar-refractivity contribution in [1.29, 1.82) is 0 Å². The fraction of sp³-hybridized carbons (Fsp3) is 0.429. The van der Waals surface area contributed by atoms with Crippen LogP contribution in [0.15, 0.2) is 29.4 Å². The van der Waals surface area contributed by atoms with Crippen molar-refractivity contribution in [2.24, 2.45) is 7.05 Å². The Morgan fingerprint density at radius 2 is 1.95 bits per heavy atom. The molecule has 0 unspecified atom stereocenters. The molecule has 0 aliphatic rings. The Bertz CT molecular complexity index is 596. The van der Waals surface area contributed by atoms with E-state index in [1.807, 2.05) is 7.05 Å². The van der Waals surface area contributed by atoms with Crippen LogP contribution >= 0.6 is 11.8 Å². The molecule has 1 amide bonds. The van der Waals surface area contributed by atoms with Crippen molar-refractivity contribution in [1.82, 2.24) is 25.1 Å². The number of rotatable bonds is 6. The molecule has 0 radical (unpaired) electrons. The predicted molar refractivity (Wildman–Crippen MR) is 81.8 cm³/mol. The monoisotopic (exact) mass is 305 g/mol. The molecule has 2 aromatic rings. The normalized spacial score (nSPS) is 10.6. The quantitative estimate of drug-likeness (QED) is 0.757. The van der Waals surface area contributed by atoms with Crippen LogP contribution < -0.4 is 0 Å². The lowest BCUT2D eigenvalue weighted by Crippen LogP contribution is -2.27. The van der Waals surface area contributed by atoms with Gasteiger partial charge in [0.25, 0.3) is 0 Å². The summed E-state index contributed by atoms with van der Waals surface area (Å²) in [5.74, 6) is 0.389. The van der Waals surface area contributed by atoms with Crippen molar-refractivity contribution in [2.75, 3.05) is 12.8 Å². The van der Waals surface area contributed by atoms with E-state index in [1.165, 1.54) is 17.3 Å². The van der Waals surface area contributed by atoms with E-state index in [0.29, 0.717) is 17.5 Å². The average molecular weight is 305 g/mol. The van der Waals surface area contributed by atoms with E-state index in [9.17, 15) is 4.79 Å². The smallest absolute Gasteiger partial charge is 0.233 e. The lowest BCUT2D eigenvalue weighted by Gasteiger charge is -2.17. The molecule has 0 atom stereocenters. The summed E-state index contributed by atoms with van der Waals surface area (Å²) in [7, 11) is 3.57. The zero-order chi connectivity index (χ0) is 15.2. The lowest BCUT2D eigenvalue weighted by atomic mass is 10.1. The van der Waals surface area contributed by atoms with Crippen molar-refractivity contribution >= 4 is 17.7 Å². The van der Waals surface area contributed by atoms with Gasteiger partial charge >= 0.3 is 0 Å². The number of hydrogen-bond acceptors (Lipinski definition) is 5. The van der Waals surface area contributed by atoms with Crippen LogP contribution in [0, 0.1) is 0 Å². The van der Waals surface area contributed by atoms with Gasteiger partial charge < -0.3 is 4.90 Å². The second-order valence-electron chi connectivity index (χ2n) is 4.79. The fourth-order valence-electron chi connectivity index (χ4n) is 1.82. The number of carbonyl (C=O) groups is 1. The first-order valence-corrected chi connectivity index (χ1v) is 7.75. The molecule has 6 nitrogen and oxygen atoms in total. The topological polar surface area (TPSA) is 63.9 Å². The summed E-state index contributed by atoms with van der Waals surface area (Å²) in [5, 5.41) is 11.8. The molecular formula is C14H19N5OS. The molecule has 0 N–H and O–H groups in total. The fourth-order valence-corrected chi connectivity index (χ4v) is 2.61. The van der Waals surface area contributed by atoms with Gasteiger partial charge in [0.15, 0.2) is 0 Å². The summed E-state index contributed by atoms with van der Waals surface area (Å²) in [6.45, 7) is 2.74. The zero-order valence-corrected chi connectivity index (χ0v) is 13.3. The molecule has 2 rings (SSSR count). The van der Waals surface area contributed by atoms with Crippen molar-refractivity contribution in [3.63, 3.8) is 0 Å². The predicted octanol–water partition coefficient (Wildman–Crippen LogP) is 1.52. The average Bonchev–Trinajstić information content (AvgIpc) is 2.90. The minimum absolute atomic E-state index is 0.0579. The van der Waals surface area contributed by atoms with Gasteiger partial charge in [-0.3, -0.25) is 4.79 Å². The Balaban J connectivity index is 1.85. The highest BCUT2D eigenvalue weighted by Gasteiger charge is 2.12. The maximum Gasteiger partial charge on any atom is 0.233 e. The van der Waals surface area contributed by atoms with Crippen LogP contribution in [0.2, 0.25) is 0 Å². The highest BCUT2D eigenvalue weighted by Crippen LogP contribution is 2.14. The minimum atomic E-state index is 0.0579. The minimum Gasteiger partial charge on any atom is -0.341 e. The Morgan fingerprint density at radius 3 is 2.52 bits per heavy atom. The molecule has 0 saturated heterocycles. The Morgan fingerprint density at radius 1 is 1.29 bits per heavy atom. The van der Waals surface area contributed by atoms with Gasteiger partial charge in [-0.05, 0) is 28.0 Å². The second-order valence-corrected chi connectivity index (χ2v) is 5.74. The summed E-state index contributed by atoms with van der Waals surface area (Å²) < 4.78 is 1.56. The summed E-state index contributed by atoms with van der Waals surface area (Å²) in [4.78, 5) is 13.8. The molecule has 7 heteroatoms. The molecule has 1 aromatic carbocycles. The van der Waals surface area contributed by atoms with Crippen LogP contribution in [0.25, 0.3) is 0 Å². The van der Waals surface area contributed by atoms with Crippen molar-refractivity contribution in [2.45, 2.75) is 25.0 Å². The van der Waals surface area contributed by atoms with E-state index in [1.54, 1.807) is 16.6 Å². The molecule has 0 bridgehead atoms. The van der Waals surface area contributed by atoms with Crippen LogP contribution in [-0.2, 0) is 24.8 Å². The Labute approximate surface area is 128 Å². The molecule has 1 aromatic heterocycles. The number of tetrazole rings is 1. The number of carbonyl (C=O) groups excluding carboxylic acids is 1. The number of aromatic nitrogens is 4. The number of amides is 1. The van der Waals surface area contributed by atoms with Crippen molar-refractivity contribution in [3.05, 3.63) is 35.4 Å². The first kappa shape index (κ1) is 15.5. The van der Waals surface area contributed by atoms with E-state index >= 15 is 0 Å². The van der Waals surface area contributed by atoms with Crippen molar-refractivity contribution < 1.29 is 4.79 Å². The van der Waals surface area contributed by atoms with Gasteiger partial charge in [-0.15, -0.1) is 5.10 Å². The van der Waals surface area contributed by atoms with Crippen LogP contribution in [-0.4, -0.2) is 43.8 Å². The van der Waals surface area contributed by atoms with Gasteiger partial charge in [-0.1, -0.05) is 43.0 Å². The largest absolute Gasteiger partial charge is 0.341 e. The van der Waals surface area contributed by atoms with Gasteiger partial charge in [0.05, 0.1) is 5.75 Å². The molecule has 21 heavy (non-hydrogen) atoms. The third kappa shape index (κ3) is 4.29. The van der Waals surface area contributed by atoms with Crippen LogP contribution in [0.5, 0.6) is 0 Å². The van der Waals surface area contributed by atoms with E-state index in [0.717, 1.165) is 12.0 Å². The van der Waals surface area contributed by atoms with Crippen LogP contribution in [0.4, 0.5) is 0 Å². The summed E-state index contributed by atoms with van der Waals surface area (Å²) in [6.07, 6.45) is 1.03. The molecule has 0 fully saturated rings. The second kappa shape index (κ2) is 7.21. The molecular weight excluding hydrogens is 286 g/mol. The summed E-state index contributed by atoms with van der Waals surface area (Å²) >= 11 is 1.34. The van der Waals surface area contributed by atoms with E-state index < -0.39 is 0 Å². The van der Waals surface area contributed by atoms with E-state index in [-0.39, 0.29) is 5.91 Å². The number of aryl methyl sites for hydroxylation is 2. The molecule has 1 heterocycles. The Kier molecular flexibility index (Phi) is 5.32. The first-order valence-electron chi connectivity index (χ1n) is 6.77. The van der Waals surface area contributed by atoms with Crippen molar-refractivity contribution in [3.8, 4) is 0 Å². The van der Waals surface area contributed by atoms with Crippen LogP contribution in [0.1, 0.15) is 18.1 Å². The van der Waals surface area contributed by atoms with Gasteiger partial charge in [0.2, 0.25) is 11.1 Å². The number of benzene rings is 1. The molecule has 112 valence electrons. The number of thioether (sulfide) groups is 1. The van der Waals surface area contributed by atoms with E-state index in [2.05, 4.69) is 46.7 Å². The first-order chi connectivity index (χ1) is 10.1. The lowest BCUT2D eigenvalue weighted by molar-refractivity contribution is -0.127. The highest BCUT2D eigenvalue weighted by molar-refractivity contribution is 7.99. The Hall–Kier alpha value is -1.89. The van der Waals surface area contributed by atoms with Gasteiger partial charge in [-0.25, -0.2) is 4.68 Å². The summed E-state index contributed by atoms with van der Waals surface area (Å²) in [6, 6.07) is 8.35. The standard InChI is InChI=1S/C14H19N5OS/c1-4-11-5-7-12(8-6-11)9-18(2)13(20)10-21-14-15-16-17-19(14)3/h5-8H,4,9-10H2,1-3H3. The molecule has 0 aliphatic carbocycles. The highest BCUT2D eigenvalue weighted by atomic mass is 32.2. The molecule has 0 spiro atoms. The number of hydrogen-bond donors (Lipinski definition) is 0. The number of nitrogens with zero attached hydrogens (tertiary/aromatic N) is 5. The van der Waals surface area contributed by atoms with E-state index in [4.69, 9.17) is 0 Å². The zero-order valence-electron chi connectivity index (χ0n) is 12.5. The molecule has 0 saturated carbocycles. The van der Waals surface area contributed by atoms with Crippen LogP contribution in [0.3, 0.4) is 0 Å². The van der Waals surface area contributed by atoms with Gasteiger partial charge in [0.1, 0.15) is 0 Å². The molecule has 0 aliphatic heterocycles. The maximum absolute atomic E-state index is 12.1. The third-order valence-corrected chi connectivity index (χ3v) is 4.18. The summed E-state index contributed by atoms with van der Waals surface area (Å²) in [5.41, 5.74) is 2.44. The maximum atomic E-state index is 12.1. The van der Waals surface area contributed by atoms with Gasteiger partial charge in [-0.2, -0.15) is 0 Å². The SMILES string of the molecule is CCc1ccc(CN(C)C(=O)CSc2nnnn2C)cc1. The van der Waals surface area contributed by atoms with Gasteiger partial charge in [0, 0.05) is 20.6 Å². The third-order valence-electron chi connectivity index (χ3n) is 3.18.